The number of rotatable bonds is 3. The molecule has 4 aromatic heterocycles. The number of ether oxygens (including phenoxy) is 1. The molecule has 0 aliphatic carbocycles. The van der Waals surface area contributed by atoms with E-state index in [9.17, 15) is 4.79 Å². The van der Waals surface area contributed by atoms with Crippen molar-refractivity contribution < 1.29 is 9.53 Å². The zero-order valence-corrected chi connectivity index (χ0v) is 19.4. The molecule has 0 aromatic carbocycles. The van der Waals surface area contributed by atoms with Crippen LogP contribution in [0.2, 0.25) is 0 Å². The van der Waals surface area contributed by atoms with E-state index >= 15 is 0 Å². The van der Waals surface area contributed by atoms with E-state index in [0.717, 1.165) is 16.8 Å². The number of aromatic amines is 1. The molecule has 11 nitrogen and oxygen atoms in total. The zero-order chi connectivity index (χ0) is 23.8. The van der Waals surface area contributed by atoms with Gasteiger partial charge in [0.05, 0.1) is 36.3 Å². The van der Waals surface area contributed by atoms with Gasteiger partial charge in [0.1, 0.15) is 17.8 Å². The second-order valence-corrected chi connectivity index (χ2v) is 8.37. The molecule has 0 spiro atoms. The molecule has 1 amide bonds. The summed E-state index contributed by atoms with van der Waals surface area (Å²) in [5.74, 6) is 0.362. The summed E-state index contributed by atoms with van der Waals surface area (Å²) in [6.07, 6.45) is 6.58. The monoisotopic (exact) mass is 459 g/mol. The topological polar surface area (TPSA) is 111 Å². The molecule has 1 N–H and O–H groups in total. The molecule has 174 valence electrons. The Morgan fingerprint density at radius 2 is 2.15 bits per heavy atom. The molecule has 0 unspecified atom stereocenters. The molecule has 0 radical (unpaired) electrons. The standard InChI is InChI=1S/C23H25N9O2/c1-14-16-12-31(28-14)7-5-6-19(33)30(3)13-18-20(23(24-2)32(29-18)8-9-34-4)17-11-26-22-21(27-17)15(16)10-25-22/h10-12H,5-9,13H2,1,3-4H3,(H,25,26). The second kappa shape index (κ2) is 8.72. The van der Waals surface area contributed by atoms with Crippen molar-refractivity contribution in [2.24, 2.45) is 0 Å². The number of fused-ring (bicyclic) bond motifs is 6. The van der Waals surface area contributed by atoms with Gasteiger partial charge in [-0.3, -0.25) is 9.48 Å². The summed E-state index contributed by atoms with van der Waals surface area (Å²) in [5.41, 5.74) is 5.82. The first-order chi connectivity index (χ1) is 16.5. The van der Waals surface area contributed by atoms with Gasteiger partial charge in [0, 0.05) is 50.6 Å². The quantitative estimate of drug-likeness (QED) is 0.472. The fraction of sp³-hybridized carbons (Fsp3) is 0.391. The molecule has 1 aliphatic heterocycles. The molecule has 0 saturated carbocycles. The van der Waals surface area contributed by atoms with Crippen LogP contribution < -0.4 is 0 Å². The first kappa shape index (κ1) is 21.8. The molecule has 0 saturated heterocycles. The SMILES string of the molecule is [C-]#[N+]c1c2c(nn1CCOC)CN(C)C(=O)CCCn1cc(c(C)n1)-c1c[nH]c3ncc-2nc13. The molecule has 4 aromatic rings. The Kier molecular flexibility index (Phi) is 5.59. The molecule has 0 atom stereocenters. The number of nitrogens with zero attached hydrogens (tertiary/aromatic N) is 8. The maximum atomic E-state index is 12.8. The van der Waals surface area contributed by atoms with Gasteiger partial charge in [-0.25, -0.2) is 9.97 Å². The van der Waals surface area contributed by atoms with Crippen molar-refractivity contribution >= 4 is 22.9 Å². The van der Waals surface area contributed by atoms with E-state index in [1.807, 2.05) is 24.0 Å². The molecule has 1 aliphatic rings. The van der Waals surface area contributed by atoms with Gasteiger partial charge < -0.3 is 19.5 Å². The minimum absolute atomic E-state index is 0.00810. The molecule has 5 rings (SSSR count). The van der Waals surface area contributed by atoms with E-state index < -0.39 is 0 Å². The predicted molar refractivity (Wildman–Crippen MR) is 125 cm³/mol. The first-order valence-electron chi connectivity index (χ1n) is 11.1. The van der Waals surface area contributed by atoms with Crippen LogP contribution in [0.4, 0.5) is 5.82 Å². The van der Waals surface area contributed by atoms with E-state index in [2.05, 4.69) is 25.0 Å². The first-order valence-corrected chi connectivity index (χ1v) is 11.1. The summed E-state index contributed by atoms with van der Waals surface area (Å²) < 4.78 is 8.70. The van der Waals surface area contributed by atoms with Crippen molar-refractivity contribution in [2.45, 2.75) is 39.4 Å². The summed E-state index contributed by atoms with van der Waals surface area (Å²) in [6.45, 7) is 11.5. The Balaban J connectivity index is 1.74. The predicted octanol–water partition coefficient (Wildman–Crippen LogP) is 2.94. The van der Waals surface area contributed by atoms with Gasteiger partial charge >= 0.3 is 0 Å². The highest BCUT2D eigenvalue weighted by Gasteiger charge is 2.25. The molecular formula is C23H25N9O2. The molecule has 5 heterocycles. The van der Waals surface area contributed by atoms with Crippen LogP contribution in [0.1, 0.15) is 24.2 Å². The van der Waals surface area contributed by atoms with Crippen LogP contribution in [0.5, 0.6) is 0 Å². The third-order valence-electron chi connectivity index (χ3n) is 6.08. The highest BCUT2D eigenvalue weighted by atomic mass is 16.5. The normalized spacial score (nSPS) is 14.2. The third kappa shape index (κ3) is 3.72. The minimum atomic E-state index is 0.00810. The van der Waals surface area contributed by atoms with Crippen LogP contribution in [-0.2, 0) is 29.2 Å². The minimum Gasteiger partial charge on any atom is -0.381 e. The van der Waals surface area contributed by atoms with Crippen molar-refractivity contribution in [2.75, 3.05) is 20.8 Å². The van der Waals surface area contributed by atoms with Gasteiger partial charge in [-0.1, -0.05) is 6.57 Å². The number of methoxy groups -OCH3 is 1. The number of amides is 1. The fourth-order valence-electron chi connectivity index (χ4n) is 4.33. The Labute approximate surface area is 196 Å². The molecular weight excluding hydrogens is 434 g/mol. The van der Waals surface area contributed by atoms with Crippen molar-refractivity contribution in [3.05, 3.63) is 41.4 Å². The van der Waals surface area contributed by atoms with Crippen molar-refractivity contribution in [1.29, 1.82) is 0 Å². The molecule has 4 bridgehead atoms. The van der Waals surface area contributed by atoms with E-state index in [0.29, 0.717) is 66.5 Å². The number of nitrogens with one attached hydrogen (secondary N) is 1. The van der Waals surface area contributed by atoms with Crippen LogP contribution in [0.15, 0.2) is 18.6 Å². The van der Waals surface area contributed by atoms with Gasteiger partial charge in [-0.2, -0.15) is 9.78 Å². The van der Waals surface area contributed by atoms with Gasteiger partial charge in [-0.15, -0.1) is 5.10 Å². The number of H-pyrrole nitrogens is 1. The van der Waals surface area contributed by atoms with Gasteiger partial charge in [0.25, 0.3) is 5.82 Å². The van der Waals surface area contributed by atoms with E-state index in [1.165, 1.54) is 0 Å². The van der Waals surface area contributed by atoms with Gasteiger partial charge in [0.2, 0.25) is 5.91 Å². The number of carbonyl (C=O) groups is 1. The number of carbonyl (C=O) groups excluding carboxylic acids is 1. The van der Waals surface area contributed by atoms with Crippen molar-refractivity contribution in [3.63, 3.8) is 0 Å². The average molecular weight is 460 g/mol. The maximum absolute atomic E-state index is 12.8. The second-order valence-electron chi connectivity index (χ2n) is 8.37. The summed E-state index contributed by atoms with van der Waals surface area (Å²) >= 11 is 0. The number of hydrogen-bond acceptors (Lipinski definition) is 6. The lowest BCUT2D eigenvalue weighted by molar-refractivity contribution is -0.130. The Morgan fingerprint density at radius 1 is 1.29 bits per heavy atom. The van der Waals surface area contributed by atoms with Crippen LogP contribution in [0.3, 0.4) is 0 Å². The average Bonchev–Trinajstić information content (AvgIpc) is 3.50. The Morgan fingerprint density at radius 3 is 2.94 bits per heavy atom. The van der Waals surface area contributed by atoms with Crippen LogP contribution in [0, 0.1) is 13.5 Å². The number of aromatic nitrogens is 7. The number of aryl methyl sites for hydroxylation is 2. The van der Waals surface area contributed by atoms with Gasteiger partial charge in [-0.05, 0) is 13.3 Å². The van der Waals surface area contributed by atoms with Crippen molar-refractivity contribution in [3.8, 4) is 22.4 Å². The summed E-state index contributed by atoms with van der Waals surface area (Å²) in [5, 5.41) is 9.32. The number of hydrogen-bond donors (Lipinski definition) is 1. The zero-order valence-electron chi connectivity index (χ0n) is 19.4. The maximum Gasteiger partial charge on any atom is 0.262 e. The van der Waals surface area contributed by atoms with E-state index in [4.69, 9.17) is 16.3 Å². The van der Waals surface area contributed by atoms with Crippen molar-refractivity contribution in [1.82, 2.24) is 39.4 Å². The lowest BCUT2D eigenvalue weighted by atomic mass is 10.1. The van der Waals surface area contributed by atoms with Gasteiger partial charge in [0.15, 0.2) is 5.65 Å². The summed E-state index contributed by atoms with van der Waals surface area (Å²) in [4.78, 5) is 31.0. The largest absolute Gasteiger partial charge is 0.381 e. The lowest BCUT2D eigenvalue weighted by Crippen LogP contribution is -2.26. The van der Waals surface area contributed by atoms with Crippen LogP contribution >= 0.6 is 0 Å². The molecule has 11 heteroatoms. The highest BCUT2D eigenvalue weighted by molar-refractivity contribution is 5.92. The molecule has 0 fully saturated rings. The van der Waals surface area contributed by atoms with E-state index in [-0.39, 0.29) is 12.5 Å². The smallest absolute Gasteiger partial charge is 0.262 e. The van der Waals surface area contributed by atoms with Crippen LogP contribution in [-0.4, -0.2) is 66.1 Å². The highest BCUT2D eigenvalue weighted by Crippen LogP contribution is 2.36. The Bertz CT molecular complexity index is 1420. The summed E-state index contributed by atoms with van der Waals surface area (Å²) in [7, 11) is 3.36. The molecule has 34 heavy (non-hydrogen) atoms. The Hall–Kier alpha value is -4.04. The third-order valence-corrected chi connectivity index (χ3v) is 6.08. The fourth-order valence-corrected chi connectivity index (χ4v) is 4.33. The summed E-state index contributed by atoms with van der Waals surface area (Å²) in [6, 6.07) is 0. The van der Waals surface area contributed by atoms with Crippen LogP contribution in [0.25, 0.3) is 38.4 Å². The van der Waals surface area contributed by atoms with E-state index in [1.54, 1.807) is 29.9 Å². The lowest BCUT2D eigenvalue weighted by Gasteiger charge is -2.16.